The summed E-state index contributed by atoms with van der Waals surface area (Å²) >= 11 is 0. The van der Waals surface area contributed by atoms with E-state index in [2.05, 4.69) is 15.0 Å². The van der Waals surface area contributed by atoms with Crippen molar-refractivity contribution in [3.8, 4) is 0 Å². The van der Waals surface area contributed by atoms with Crippen LogP contribution in [-0.4, -0.2) is 26.5 Å². The van der Waals surface area contributed by atoms with E-state index in [1.807, 2.05) is 50.2 Å². The molecule has 3 aromatic rings. The Balaban J connectivity index is 2.13. The van der Waals surface area contributed by atoms with Gasteiger partial charge in [-0.15, -0.1) is 0 Å². The average molecular weight is 337 g/mol. The van der Waals surface area contributed by atoms with E-state index in [1.165, 1.54) is 0 Å². The maximum atomic E-state index is 12.5. The molecule has 3 heterocycles. The Morgan fingerprint density at radius 3 is 1.40 bits per heavy atom. The van der Waals surface area contributed by atoms with Gasteiger partial charge in [0.2, 0.25) is 0 Å². The molecular weight excluding hydrogens is 314 g/mol. The largest absolute Gasteiger partial charge is 0.364 e. The second-order valence-electron chi connectivity index (χ2n) is 6.82. The fourth-order valence-electron chi connectivity index (χ4n) is 3.31. The van der Waals surface area contributed by atoms with Crippen LogP contribution < -0.4 is 0 Å². The summed E-state index contributed by atoms with van der Waals surface area (Å²) in [5.41, 5.74) is 1.51. The third-order valence-electron chi connectivity index (χ3n) is 5.44. The van der Waals surface area contributed by atoms with Gasteiger partial charge in [0, 0.05) is 35.2 Å². The number of H-pyrrole nitrogens is 3. The van der Waals surface area contributed by atoms with Gasteiger partial charge in [0.05, 0.1) is 0 Å². The molecule has 0 aliphatic heterocycles. The van der Waals surface area contributed by atoms with Gasteiger partial charge >= 0.3 is 0 Å². The lowest BCUT2D eigenvalue weighted by molar-refractivity contribution is -0.121. The molecule has 25 heavy (non-hydrogen) atoms. The summed E-state index contributed by atoms with van der Waals surface area (Å²) in [5.74, 6) is 0.0421. The first-order valence-corrected chi connectivity index (χ1v) is 8.31. The molecule has 0 amide bonds. The molecule has 3 aromatic heterocycles. The molecule has 130 valence electrons. The number of hydrogen-bond donors (Lipinski definition) is 3. The number of Topliss-reactive ketones (excluding diaryl/α,β-unsaturated/α-hetero) is 2. The Morgan fingerprint density at radius 2 is 1.12 bits per heavy atom. The molecule has 5 nitrogen and oxygen atoms in total. The van der Waals surface area contributed by atoms with Gasteiger partial charge in [-0.05, 0) is 64.1 Å². The second kappa shape index (κ2) is 5.92. The van der Waals surface area contributed by atoms with Crippen LogP contribution in [0.2, 0.25) is 0 Å². The van der Waals surface area contributed by atoms with Crippen molar-refractivity contribution in [1.82, 2.24) is 15.0 Å². The molecular formula is C20H23N3O2. The van der Waals surface area contributed by atoms with Crippen LogP contribution in [-0.2, 0) is 20.4 Å². The Labute approximate surface area is 146 Å². The van der Waals surface area contributed by atoms with Gasteiger partial charge in [-0.3, -0.25) is 9.59 Å². The lowest BCUT2D eigenvalue weighted by Crippen LogP contribution is -2.35. The molecule has 0 aliphatic rings. The van der Waals surface area contributed by atoms with Crippen LogP contribution in [0.1, 0.15) is 50.5 Å². The normalized spacial score (nSPS) is 16.2. The fourth-order valence-corrected chi connectivity index (χ4v) is 3.31. The van der Waals surface area contributed by atoms with E-state index in [0.717, 1.165) is 22.8 Å². The number of aromatic amines is 3. The van der Waals surface area contributed by atoms with Crippen LogP contribution in [0.5, 0.6) is 0 Å². The Hall–Kier alpha value is -2.82. The van der Waals surface area contributed by atoms with E-state index in [4.69, 9.17) is 0 Å². The average Bonchev–Trinajstić information content (AvgIpc) is 3.35. The van der Waals surface area contributed by atoms with Gasteiger partial charge in [-0.2, -0.15) is 0 Å². The number of hydrogen-bond acceptors (Lipinski definition) is 2. The van der Waals surface area contributed by atoms with Crippen molar-refractivity contribution in [2.45, 2.75) is 38.5 Å². The molecule has 2 atom stereocenters. The van der Waals surface area contributed by atoms with Crippen LogP contribution in [0, 0.1) is 0 Å². The van der Waals surface area contributed by atoms with Gasteiger partial charge in [0.25, 0.3) is 0 Å². The third kappa shape index (κ3) is 2.47. The van der Waals surface area contributed by atoms with Crippen molar-refractivity contribution in [1.29, 1.82) is 0 Å². The standard InChI is InChI=1S/C20H23N3O2/c1-13(24)19(3,15-7-5-11-21-15)17-9-10-18(23-17)20(4,14(2)25)16-8-6-12-22-16/h5-12,21-23H,1-4H3/t19-,20+. The van der Waals surface area contributed by atoms with Crippen molar-refractivity contribution in [2.75, 3.05) is 0 Å². The van der Waals surface area contributed by atoms with Crippen LogP contribution in [0.4, 0.5) is 0 Å². The zero-order valence-electron chi connectivity index (χ0n) is 14.9. The molecule has 0 fully saturated rings. The summed E-state index contributed by atoms with van der Waals surface area (Å²) < 4.78 is 0. The summed E-state index contributed by atoms with van der Waals surface area (Å²) in [6, 6.07) is 11.3. The molecule has 0 bridgehead atoms. The van der Waals surface area contributed by atoms with Crippen LogP contribution >= 0.6 is 0 Å². The minimum absolute atomic E-state index is 0.0211. The number of carbonyl (C=O) groups excluding carboxylic acids is 2. The van der Waals surface area contributed by atoms with Crippen molar-refractivity contribution >= 4 is 11.6 Å². The van der Waals surface area contributed by atoms with Gasteiger partial charge in [-0.25, -0.2) is 0 Å². The predicted molar refractivity (Wildman–Crippen MR) is 96.6 cm³/mol. The molecule has 0 aromatic carbocycles. The van der Waals surface area contributed by atoms with E-state index in [9.17, 15) is 9.59 Å². The Bertz CT molecular complexity index is 817. The highest BCUT2D eigenvalue weighted by molar-refractivity contribution is 5.92. The van der Waals surface area contributed by atoms with E-state index >= 15 is 0 Å². The van der Waals surface area contributed by atoms with Gasteiger partial charge < -0.3 is 15.0 Å². The minimum Gasteiger partial charge on any atom is -0.364 e. The Morgan fingerprint density at radius 1 is 0.720 bits per heavy atom. The van der Waals surface area contributed by atoms with Gasteiger partial charge in [0.15, 0.2) is 0 Å². The molecule has 0 unspecified atom stereocenters. The van der Waals surface area contributed by atoms with Crippen LogP contribution in [0.3, 0.4) is 0 Å². The number of carbonyl (C=O) groups is 2. The van der Waals surface area contributed by atoms with E-state index in [1.54, 1.807) is 26.2 Å². The minimum atomic E-state index is -0.824. The topological polar surface area (TPSA) is 81.5 Å². The molecule has 0 radical (unpaired) electrons. The predicted octanol–water partition coefficient (Wildman–Crippen LogP) is 3.46. The SMILES string of the molecule is CC(=O)[C@@](C)(c1ccc[nH]1)c1ccc([C@](C)(C(C)=O)c2ccc[nH]2)[nH]1. The molecule has 0 aliphatic carbocycles. The lowest BCUT2D eigenvalue weighted by atomic mass is 9.79. The number of aromatic nitrogens is 3. The third-order valence-corrected chi connectivity index (χ3v) is 5.44. The highest BCUT2D eigenvalue weighted by Gasteiger charge is 2.40. The molecule has 3 N–H and O–H groups in total. The summed E-state index contributed by atoms with van der Waals surface area (Å²) in [6.45, 7) is 6.93. The van der Waals surface area contributed by atoms with E-state index < -0.39 is 10.8 Å². The molecule has 0 saturated heterocycles. The van der Waals surface area contributed by atoms with Crippen molar-refractivity contribution in [2.24, 2.45) is 0 Å². The van der Waals surface area contributed by atoms with E-state index in [-0.39, 0.29) is 11.6 Å². The monoisotopic (exact) mass is 337 g/mol. The maximum Gasteiger partial charge on any atom is 0.147 e. The van der Waals surface area contributed by atoms with Gasteiger partial charge in [0.1, 0.15) is 22.4 Å². The first kappa shape index (κ1) is 17.0. The number of rotatable bonds is 6. The van der Waals surface area contributed by atoms with Crippen LogP contribution in [0.15, 0.2) is 48.8 Å². The molecule has 3 rings (SSSR count). The van der Waals surface area contributed by atoms with Crippen molar-refractivity contribution in [3.05, 3.63) is 71.6 Å². The molecule has 0 saturated carbocycles. The molecule has 5 heteroatoms. The lowest BCUT2D eigenvalue weighted by Gasteiger charge is -2.27. The van der Waals surface area contributed by atoms with Crippen molar-refractivity contribution < 1.29 is 9.59 Å². The fraction of sp³-hybridized carbons (Fsp3) is 0.300. The number of ketones is 2. The second-order valence-corrected chi connectivity index (χ2v) is 6.82. The van der Waals surface area contributed by atoms with Crippen LogP contribution in [0.25, 0.3) is 0 Å². The summed E-state index contributed by atoms with van der Waals surface area (Å²) in [6.07, 6.45) is 3.61. The van der Waals surface area contributed by atoms with Crippen molar-refractivity contribution in [3.63, 3.8) is 0 Å². The Kier molecular flexibility index (Phi) is 4.03. The summed E-state index contributed by atoms with van der Waals surface area (Å²) in [7, 11) is 0. The first-order valence-electron chi connectivity index (χ1n) is 8.31. The highest BCUT2D eigenvalue weighted by atomic mass is 16.1. The number of nitrogens with one attached hydrogen (secondary N) is 3. The highest BCUT2D eigenvalue weighted by Crippen LogP contribution is 2.36. The van der Waals surface area contributed by atoms with Gasteiger partial charge in [-0.1, -0.05) is 0 Å². The maximum absolute atomic E-state index is 12.5. The quantitative estimate of drug-likeness (QED) is 0.644. The van der Waals surface area contributed by atoms with E-state index in [0.29, 0.717) is 0 Å². The summed E-state index contributed by atoms with van der Waals surface area (Å²) in [4.78, 5) is 34.6. The molecule has 0 spiro atoms. The zero-order chi connectivity index (χ0) is 18.2. The summed E-state index contributed by atoms with van der Waals surface area (Å²) in [5, 5.41) is 0. The first-order chi connectivity index (χ1) is 11.8. The zero-order valence-corrected chi connectivity index (χ0v) is 14.9. The smallest absolute Gasteiger partial charge is 0.147 e.